The molecule has 0 aliphatic heterocycles. The molecule has 0 aliphatic rings. The van der Waals surface area contributed by atoms with Crippen molar-refractivity contribution in [1.82, 2.24) is 20.2 Å². The zero-order valence-corrected chi connectivity index (χ0v) is 8.85. The first-order valence-corrected chi connectivity index (χ1v) is 5.15. The van der Waals surface area contributed by atoms with E-state index >= 15 is 0 Å². The van der Waals surface area contributed by atoms with Crippen molar-refractivity contribution in [3.05, 3.63) is 30.5 Å². The number of rotatable bonds is 5. The number of aromatic amines is 1. The molecule has 84 valence electrons. The summed E-state index contributed by atoms with van der Waals surface area (Å²) in [6.07, 6.45) is 5.02. The third-order valence-electron chi connectivity index (χ3n) is 2.21. The van der Waals surface area contributed by atoms with E-state index in [-0.39, 0.29) is 0 Å². The average molecular weight is 218 g/mol. The van der Waals surface area contributed by atoms with Gasteiger partial charge in [0.05, 0.1) is 5.69 Å². The number of nitrogens with one attached hydrogen (secondary N) is 2. The highest BCUT2D eigenvalue weighted by molar-refractivity contribution is 5.60. The highest BCUT2D eigenvalue weighted by Crippen LogP contribution is 2.13. The predicted molar refractivity (Wildman–Crippen MR) is 61.8 cm³/mol. The summed E-state index contributed by atoms with van der Waals surface area (Å²) in [6, 6.07) is 3.77. The summed E-state index contributed by atoms with van der Waals surface area (Å²) in [6.45, 7) is 0.830. The van der Waals surface area contributed by atoms with Crippen LogP contribution in [-0.2, 0) is 6.42 Å². The molecular formula is C10H14N6. The standard InChI is InChI=1S/C10H14N6/c11-10-8(3-1-6-13-10)12-5-2-4-9-14-7-15-16-9/h1,3,6-7,12H,2,4-5H2,(H2,11,13)(H,14,15,16). The topological polar surface area (TPSA) is 92.5 Å². The molecule has 2 heterocycles. The van der Waals surface area contributed by atoms with E-state index in [1.165, 1.54) is 6.33 Å². The molecule has 0 saturated heterocycles. The van der Waals surface area contributed by atoms with Gasteiger partial charge in [-0.2, -0.15) is 5.10 Å². The molecule has 0 unspecified atom stereocenters. The fourth-order valence-electron chi connectivity index (χ4n) is 1.40. The summed E-state index contributed by atoms with van der Waals surface area (Å²) in [7, 11) is 0. The molecule has 0 amide bonds. The van der Waals surface area contributed by atoms with Crippen molar-refractivity contribution in [2.45, 2.75) is 12.8 Å². The van der Waals surface area contributed by atoms with Gasteiger partial charge in [-0.3, -0.25) is 5.10 Å². The molecule has 0 fully saturated rings. The molecule has 6 heteroatoms. The molecule has 0 aliphatic carbocycles. The van der Waals surface area contributed by atoms with Crippen LogP contribution in [0.2, 0.25) is 0 Å². The van der Waals surface area contributed by atoms with Crippen molar-refractivity contribution in [3.63, 3.8) is 0 Å². The van der Waals surface area contributed by atoms with Crippen LogP contribution < -0.4 is 11.1 Å². The van der Waals surface area contributed by atoms with E-state index in [1.807, 2.05) is 12.1 Å². The lowest BCUT2D eigenvalue weighted by molar-refractivity contribution is 0.806. The van der Waals surface area contributed by atoms with Crippen LogP contribution in [0.15, 0.2) is 24.7 Å². The predicted octanol–water partition coefficient (Wildman–Crippen LogP) is 0.827. The quantitative estimate of drug-likeness (QED) is 0.646. The van der Waals surface area contributed by atoms with E-state index in [0.29, 0.717) is 5.82 Å². The normalized spacial score (nSPS) is 10.2. The minimum Gasteiger partial charge on any atom is -0.382 e. The fraction of sp³-hybridized carbons (Fsp3) is 0.300. The molecular weight excluding hydrogens is 204 g/mol. The summed E-state index contributed by atoms with van der Waals surface area (Å²) in [5, 5.41) is 9.83. The molecule has 2 aromatic rings. The molecule has 0 spiro atoms. The number of hydrogen-bond acceptors (Lipinski definition) is 5. The zero-order chi connectivity index (χ0) is 11.2. The van der Waals surface area contributed by atoms with Gasteiger partial charge < -0.3 is 11.1 Å². The van der Waals surface area contributed by atoms with E-state index in [1.54, 1.807) is 6.20 Å². The van der Waals surface area contributed by atoms with Crippen LogP contribution in [0.25, 0.3) is 0 Å². The van der Waals surface area contributed by atoms with Crippen LogP contribution in [0.5, 0.6) is 0 Å². The van der Waals surface area contributed by atoms with Crippen molar-refractivity contribution in [3.8, 4) is 0 Å². The molecule has 0 aromatic carbocycles. The Labute approximate surface area is 93.3 Å². The second-order valence-electron chi connectivity index (χ2n) is 3.40. The largest absolute Gasteiger partial charge is 0.382 e. The second-order valence-corrected chi connectivity index (χ2v) is 3.40. The number of anilines is 2. The molecule has 4 N–H and O–H groups in total. The number of hydrogen-bond donors (Lipinski definition) is 3. The maximum atomic E-state index is 5.70. The maximum absolute atomic E-state index is 5.70. The summed E-state index contributed by atoms with van der Waals surface area (Å²) in [5.74, 6) is 1.43. The van der Waals surface area contributed by atoms with E-state index in [4.69, 9.17) is 5.73 Å². The van der Waals surface area contributed by atoms with E-state index < -0.39 is 0 Å². The molecule has 2 rings (SSSR count). The lowest BCUT2D eigenvalue weighted by Gasteiger charge is -2.06. The van der Waals surface area contributed by atoms with Crippen LogP contribution in [0.3, 0.4) is 0 Å². The SMILES string of the molecule is Nc1ncccc1NCCCc1ncn[nH]1. The summed E-state index contributed by atoms with van der Waals surface area (Å²) in [4.78, 5) is 8.04. The fourth-order valence-corrected chi connectivity index (χ4v) is 1.40. The zero-order valence-electron chi connectivity index (χ0n) is 8.85. The first kappa shape index (κ1) is 10.4. The number of aryl methyl sites for hydroxylation is 1. The molecule has 2 aromatic heterocycles. The smallest absolute Gasteiger partial charge is 0.146 e. The van der Waals surface area contributed by atoms with E-state index in [2.05, 4.69) is 25.5 Å². The number of aromatic nitrogens is 4. The first-order valence-electron chi connectivity index (χ1n) is 5.15. The highest BCUT2D eigenvalue weighted by atomic mass is 15.2. The van der Waals surface area contributed by atoms with Crippen LogP contribution >= 0.6 is 0 Å². The van der Waals surface area contributed by atoms with Gasteiger partial charge in [0.2, 0.25) is 0 Å². The molecule has 0 bridgehead atoms. The van der Waals surface area contributed by atoms with Crippen molar-refractivity contribution in [1.29, 1.82) is 0 Å². The van der Waals surface area contributed by atoms with Gasteiger partial charge >= 0.3 is 0 Å². The third-order valence-corrected chi connectivity index (χ3v) is 2.21. The van der Waals surface area contributed by atoms with Crippen molar-refractivity contribution < 1.29 is 0 Å². The van der Waals surface area contributed by atoms with Crippen LogP contribution in [0, 0.1) is 0 Å². The van der Waals surface area contributed by atoms with Gasteiger partial charge in [-0.1, -0.05) is 0 Å². The molecule has 0 atom stereocenters. The molecule has 0 saturated carbocycles. The lowest BCUT2D eigenvalue weighted by Crippen LogP contribution is -2.06. The molecule has 0 radical (unpaired) electrons. The van der Waals surface area contributed by atoms with Crippen molar-refractivity contribution in [2.24, 2.45) is 0 Å². The van der Waals surface area contributed by atoms with E-state index in [9.17, 15) is 0 Å². The molecule has 16 heavy (non-hydrogen) atoms. The summed E-state index contributed by atoms with van der Waals surface area (Å²) < 4.78 is 0. The van der Waals surface area contributed by atoms with E-state index in [0.717, 1.165) is 30.9 Å². The maximum Gasteiger partial charge on any atom is 0.146 e. The number of nitrogens with zero attached hydrogens (tertiary/aromatic N) is 3. The van der Waals surface area contributed by atoms with Crippen LogP contribution in [-0.4, -0.2) is 26.7 Å². The number of nitrogens with two attached hydrogens (primary N) is 1. The Balaban J connectivity index is 1.74. The Hall–Kier alpha value is -2.11. The Bertz CT molecular complexity index is 425. The number of pyridine rings is 1. The summed E-state index contributed by atoms with van der Waals surface area (Å²) in [5.41, 5.74) is 6.57. The molecule has 6 nitrogen and oxygen atoms in total. The average Bonchev–Trinajstić information content (AvgIpc) is 2.79. The minimum absolute atomic E-state index is 0.530. The van der Waals surface area contributed by atoms with Crippen molar-refractivity contribution in [2.75, 3.05) is 17.6 Å². The second kappa shape index (κ2) is 5.11. The first-order chi connectivity index (χ1) is 7.86. The number of nitrogen functional groups attached to an aromatic ring is 1. The van der Waals surface area contributed by atoms with Gasteiger partial charge in [0.15, 0.2) is 0 Å². The van der Waals surface area contributed by atoms with Crippen molar-refractivity contribution >= 4 is 11.5 Å². The number of H-pyrrole nitrogens is 1. The van der Waals surface area contributed by atoms with Gasteiger partial charge in [-0.05, 0) is 18.6 Å². The van der Waals surface area contributed by atoms with Crippen LogP contribution in [0.1, 0.15) is 12.2 Å². The minimum atomic E-state index is 0.530. The van der Waals surface area contributed by atoms with Gasteiger partial charge in [0.25, 0.3) is 0 Å². The van der Waals surface area contributed by atoms with Crippen LogP contribution in [0.4, 0.5) is 11.5 Å². The Morgan fingerprint density at radius 2 is 2.31 bits per heavy atom. The Kier molecular flexibility index (Phi) is 3.32. The van der Waals surface area contributed by atoms with Gasteiger partial charge in [-0.25, -0.2) is 9.97 Å². The highest BCUT2D eigenvalue weighted by Gasteiger charge is 1.98. The monoisotopic (exact) mass is 218 g/mol. The van der Waals surface area contributed by atoms with Gasteiger partial charge in [0, 0.05) is 19.2 Å². The van der Waals surface area contributed by atoms with Gasteiger partial charge in [0.1, 0.15) is 18.0 Å². The summed E-state index contributed by atoms with van der Waals surface area (Å²) >= 11 is 0. The Morgan fingerprint density at radius 3 is 3.06 bits per heavy atom. The lowest BCUT2D eigenvalue weighted by atomic mass is 10.3. The third kappa shape index (κ3) is 2.69. The van der Waals surface area contributed by atoms with Gasteiger partial charge in [-0.15, -0.1) is 0 Å². The Morgan fingerprint density at radius 1 is 1.38 bits per heavy atom.